The lowest BCUT2D eigenvalue weighted by Gasteiger charge is -2.14. The number of benzene rings is 2. The minimum absolute atomic E-state index is 0.282. The summed E-state index contributed by atoms with van der Waals surface area (Å²) in [5.41, 5.74) is 9.20. The SMILES string of the molecule is CN(C)CCNc1cc(F)cc(-c2ccnc3[nH]c(-c4n[nH]c5ccc(-c6cncc(CN7CCCC7)c6)cc45)cc23)c1. The second-order valence-corrected chi connectivity index (χ2v) is 11.7. The van der Waals surface area contributed by atoms with Gasteiger partial charge in [-0.05, 0) is 111 Å². The zero-order chi connectivity index (χ0) is 29.3. The number of nitrogens with zero attached hydrogens (tertiary/aromatic N) is 5. The molecule has 0 bridgehead atoms. The third-order valence-electron chi connectivity index (χ3n) is 8.18. The number of likely N-dealkylation sites (N-methyl/N-ethyl adjacent to an activating group) is 1. The summed E-state index contributed by atoms with van der Waals surface area (Å²) in [4.78, 5) is 17.2. The maximum absolute atomic E-state index is 14.7. The largest absolute Gasteiger partial charge is 0.384 e. The summed E-state index contributed by atoms with van der Waals surface area (Å²) in [7, 11) is 4.04. The molecule has 1 aliphatic rings. The van der Waals surface area contributed by atoms with E-state index in [1.54, 1.807) is 12.3 Å². The number of anilines is 1. The molecule has 0 amide bonds. The van der Waals surface area contributed by atoms with E-state index in [0.29, 0.717) is 0 Å². The summed E-state index contributed by atoms with van der Waals surface area (Å²) in [6, 6.07) is 17.7. The lowest BCUT2D eigenvalue weighted by atomic mass is 10.0. The quantitative estimate of drug-likeness (QED) is 0.182. The molecule has 0 spiro atoms. The molecule has 6 aromatic rings. The van der Waals surface area contributed by atoms with Crippen LogP contribution in [0.5, 0.6) is 0 Å². The van der Waals surface area contributed by atoms with Crippen molar-refractivity contribution in [3.8, 4) is 33.6 Å². The Hall–Kier alpha value is -4.60. The van der Waals surface area contributed by atoms with Gasteiger partial charge < -0.3 is 15.2 Å². The Morgan fingerprint density at radius 3 is 2.67 bits per heavy atom. The first-order chi connectivity index (χ1) is 21.0. The minimum Gasteiger partial charge on any atom is -0.384 e. The van der Waals surface area contributed by atoms with Crippen molar-refractivity contribution in [2.45, 2.75) is 19.4 Å². The topological polar surface area (TPSA) is 88.8 Å². The number of likely N-dealkylation sites (tertiary alicyclic amines) is 1. The van der Waals surface area contributed by atoms with E-state index in [-0.39, 0.29) is 5.82 Å². The molecule has 5 heterocycles. The standard InChI is InChI=1S/C34H35FN8/c1-42(2)12-9-37-27-15-24(14-26(35)17-27)28-7-8-38-34-29(28)18-32(39-34)33-30-16-23(5-6-31(30)40-41-33)25-13-22(19-36-20-25)21-43-10-3-4-11-43/h5-8,13-20,37H,3-4,9-12,21H2,1-2H3,(H,38,39)(H,40,41). The smallest absolute Gasteiger partial charge is 0.138 e. The molecular formula is C34H35FN8. The maximum Gasteiger partial charge on any atom is 0.138 e. The van der Waals surface area contributed by atoms with Gasteiger partial charge in [0.1, 0.15) is 17.2 Å². The lowest BCUT2D eigenvalue weighted by molar-refractivity contribution is 0.331. The maximum atomic E-state index is 14.7. The van der Waals surface area contributed by atoms with Crippen LogP contribution in [-0.2, 0) is 6.54 Å². The van der Waals surface area contributed by atoms with Crippen LogP contribution in [0.25, 0.3) is 55.6 Å². The fourth-order valence-electron chi connectivity index (χ4n) is 6.01. The summed E-state index contributed by atoms with van der Waals surface area (Å²) in [6.45, 7) is 4.83. The molecule has 4 aromatic heterocycles. The number of H-pyrrole nitrogens is 2. The van der Waals surface area contributed by atoms with E-state index in [9.17, 15) is 4.39 Å². The van der Waals surface area contributed by atoms with E-state index in [2.05, 4.69) is 70.6 Å². The number of halogens is 1. The number of nitrogens with one attached hydrogen (secondary N) is 3. The Bertz CT molecular complexity index is 1900. The Morgan fingerprint density at radius 1 is 0.930 bits per heavy atom. The zero-order valence-corrected chi connectivity index (χ0v) is 24.5. The second kappa shape index (κ2) is 11.6. The molecule has 43 heavy (non-hydrogen) atoms. The van der Waals surface area contributed by atoms with Gasteiger partial charge in [0.05, 0.1) is 11.2 Å². The fraction of sp³-hybridized carbons (Fsp3) is 0.265. The number of rotatable bonds is 9. The van der Waals surface area contributed by atoms with Crippen LogP contribution in [0.4, 0.5) is 10.1 Å². The number of hydrogen-bond acceptors (Lipinski definition) is 6. The van der Waals surface area contributed by atoms with Gasteiger partial charge in [-0.15, -0.1) is 0 Å². The van der Waals surface area contributed by atoms with Gasteiger partial charge in [-0.3, -0.25) is 15.0 Å². The number of hydrogen-bond donors (Lipinski definition) is 3. The van der Waals surface area contributed by atoms with Gasteiger partial charge in [-0.2, -0.15) is 5.10 Å². The molecule has 218 valence electrons. The molecular weight excluding hydrogens is 539 g/mol. The van der Waals surface area contributed by atoms with Crippen molar-refractivity contribution >= 4 is 27.6 Å². The number of fused-ring (bicyclic) bond motifs is 2. The molecule has 3 N–H and O–H groups in total. The molecule has 0 atom stereocenters. The van der Waals surface area contributed by atoms with Crippen LogP contribution in [0, 0.1) is 5.82 Å². The highest BCUT2D eigenvalue weighted by Crippen LogP contribution is 2.35. The van der Waals surface area contributed by atoms with Crippen molar-refractivity contribution in [2.75, 3.05) is 45.6 Å². The summed E-state index contributed by atoms with van der Waals surface area (Å²) < 4.78 is 14.7. The third-order valence-corrected chi connectivity index (χ3v) is 8.18. The summed E-state index contributed by atoms with van der Waals surface area (Å²) >= 11 is 0. The van der Waals surface area contributed by atoms with Gasteiger partial charge in [0.15, 0.2) is 0 Å². The van der Waals surface area contributed by atoms with E-state index < -0.39 is 0 Å². The van der Waals surface area contributed by atoms with Crippen molar-refractivity contribution in [3.05, 3.63) is 84.6 Å². The fourth-order valence-corrected chi connectivity index (χ4v) is 6.01. The first-order valence-corrected chi connectivity index (χ1v) is 14.8. The lowest BCUT2D eigenvalue weighted by Crippen LogP contribution is -2.20. The highest BCUT2D eigenvalue weighted by atomic mass is 19.1. The third kappa shape index (κ3) is 5.74. The minimum atomic E-state index is -0.282. The van der Waals surface area contributed by atoms with Crippen LogP contribution in [0.2, 0.25) is 0 Å². The van der Waals surface area contributed by atoms with Gasteiger partial charge in [-0.25, -0.2) is 9.37 Å². The van der Waals surface area contributed by atoms with Crippen LogP contribution in [0.1, 0.15) is 18.4 Å². The van der Waals surface area contributed by atoms with Crippen molar-refractivity contribution in [1.29, 1.82) is 0 Å². The van der Waals surface area contributed by atoms with Gasteiger partial charge in [0.25, 0.3) is 0 Å². The zero-order valence-electron chi connectivity index (χ0n) is 24.5. The van der Waals surface area contributed by atoms with Crippen molar-refractivity contribution in [2.24, 2.45) is 0 Å². The Balaban J connectivity index is 1.22. The number of pyridine rings is 2. The van der Waals surface area contributed by atoms with Crippen LogP contribution in [0.15, 0.2) is 73.2 Å². The highest BCUT2D eigenvalue weighted by Gasteiger charge is 2.17. The number of aromatic amines is 2. The van der Waals surface area contributed by atoms with E-state index in [1.807, 2.05) is 38.6 Å². The average molecular weight is 575 g/mol. The van der Waals surface area contributed by atoms with Gasteiger partial charge >= 0.3 is 0 Å². The molecule has 1 aliphatic heterocycles. The van der Waals surface area contributed by atoms with E-state index >= 15 is 0 Å². The van der Waals surface area contributed by atoms with Crippen molar-refractivity contribution < 1.29 is 4.39 Å². The highest BCUT2D eigenvalue weighted by molar-refractivity contribution is 6.00. The molecule has 2 aromatic carbocycles. The first-order valence-electron chi connectivity index (χ1n) is 14.8. The van der Waals surface area contributed by atoms with E-state index in [4.69, 9.17) is 0 Å². The van der Waals surface area contributed by atoms with Gasteiger partial charge in [0, 0.05) is 60.2 Å². The predicted octanol–water partition coefficient (Wildman–Crippen LogP) is 6.54. The molecule has 8 nitrogen and oxygen atoms in total. The van der Waals surface area contributed by atoms with Crippen LogP contribution in [-0.4, -0.2) is 75.2 Å². The molecule has 0 aliphatic carbocycles. The van der Waals surface area contributed by atoms with Gasteiger partial charge in [-0.1, -0.05) is 6.07 Å². The van der Waals surface area contributed by atoms with Crippen molar-refractivity contribution in [1.82, 2.24) is 34.9 Å². The monoisotopic (exact) mass is 574 g/mol. The molecule has 0 saturated carbocycles. The number of aromatic nitrogens is 5. The van der Waals surface area contributed by atoms with Crippen LogP contribution >= 0.6 is 0 Å². The molecule has 1 fully saturated rings. The van der Waals surface area contributed by atoms with Gasteiger partial charge in [0.2, 0.25) is 0 Å². The summed E-state index contributed by atoms with van der Waals surface area (Å²) in [5, 5.41) is 13.1. The predicted molar refractivity (Wildman–Crippen MR) is 171 cm³/mol. The van der Waals surface area contributed by atoms with E-state index in [0.717, 1.165) is 94.0 Å². The molecule has 7 rings (SSSR count). The average Bonchev–Trinajstić information content (AvgIpc) is 3.76. The molecule has 1 saturated heterocycles. The molecule has 0 unspecified atom stereocenters. The second-order valence-electron chi connectivity index (χ2n) is 11.7. The van der Waals surface area contributed by atoms with Crippen LogP contribution < -0.4 is 5.32 Å². The first kappa shape index (κ1) is 27.2. The Labute approximate surface area is 250 Å². The van der Waals surface area contributed by atoms with E-state index in [1.165, 1.54) is 24.5 Å². The molecule has 9 heteroatoms. The normalized spacial score (nSPS) is 14.0. The van der Waals surface area contributed by atoms with Crippen molar-refractivity contribution in [3.63, 3.8) is 0 Å². The Morgan fingerprint density at radius 2 is 1.81 bits per heavy atom. The molecule has 0 radical (unpaired) electrons. The summed E-state index contributed by atoms with van der Waals surface area (Å²) in [6.07, 6.45) is 8.20. The summed E-state index contributed by atoms with van der Waals surface area (Å²) in [5.74, 6) is -0.282. The Kier molecular flexibility index (Phi) is 7.34. The van der Waals surface area contributed by atoms with Crippen LogP contribution in [0.3, 0.4) is 0 Å².